The predicted octanol–water partition coefficient (Wildman–Crippen LogP) is 1.51. The van der Waals surface area contributed by atoms with E-state index in [1.807, 2.05) is 6.20 Å². The van der Waals surface area contributed by atoms with Crippen molar-refractivity contribution in [3.8, 4) is 0 Å². The predicted molar refractivity (Wildman–Crippen MR) is 98.6 cm³/mol. The Labute approximate surface area is 153 Å². The van der Waals surface area contributed by atoms with Gasteiger partial charge >= 0.3 is 0 Å². The van der Waals surface area contributed by atoms with E-state index in [4.69, 9.17) is 0 Å². The molecular formula is C19H27N5O2. The van der Waals surface area contributed by atoms with Gasteiger partial charge in [-0.1, -0.05) is 19.4 Å². The molecule has 26 heavy (non-hydrogen) atoms. The molecule has 1 aliphatic rings. The van der Waals surface area contributed by atoms with Gasteiger partial charge in [0.05, 0.1) is 12.1 Å². The van der Waals surface area contributed by atoms with Crippen molar-refractivity contribution >= 4 is 5.91 Å². The van der Waals surface area contributed by atoms with Crippen molar-refractivity contribution < 1.29 is 9.90 Å². The number of β-amino-alcohol motifs (C(OH)–C–C–N with tert-alkyl or cyclic N) is 1. The Morgan fingerprint density at radius 3 is 3.04 bits per heavy atom. The molecule has 2 atom stereocenters. The van der Waals surface area contributed by atoms with Crippen LogP contribution in [0.15, 0.2) is 30.6 Å². The third-order valence-corrected chi connectivity index (χ3v) is 4.72. The van der Waals surface area contributed by atoms with Crippen LogP contribution >= 0.6 is 0 Å². The molecule has 1 fully saturated rings. The second kappa shape index (κ2) is 8.91. The number of hydrogen-bond donors (Lipinski definition) is 3. The van der Waals surface area contributed by atoms with Gasteiger partial charge in [-0.2, -0.15) is 0 Å². The van der Waals surface area contributed by atoms with Gasteiger partial charge in [-0.15, -0.1) is 0 Å². The summed E-state index contributed by atoms with van der Waals surface area (Å²) in [7, 11) is 0. The van der Waals surface area contributed by atoms with Crippen molar-refractivity contribution in [3.05, 3.63) is 47.8 Å². The number of aliphatic hydroxyl groups is 1. The average Bonchev–Trinajstić information content (AvgIpc) is 3.10. The van der Waals surface area contributed by atoms with E-state index in [2.05, 4.69) is 32.1 Å². The SMILES string of the molecule is CCCCc1ncc(CN2CCC(NC(=O)c3ccccn3)C(O)C2)[nH]1. The first-order valence-electron chi connectivity index (χ1n) is 9.30. The van der Waals surface area contributed by atoms with E-state index in [1.54, 1.807) is 24.4 Å². The number of carbonyl (C=O) groups excluding carboxylic acids is 1. The van der Waals surface area contributed by atoms with Crippen LogP contribution in [0.25, 0.3) is 0 Å². The standard InChI is InChI=1S/C19H27N5O2/c1-2-3-7-18-21-11-14(22-18)12-24-10-8-15(17(25)13-24)23-19(26)16-6-4-5-9-20-16/h4-6,9,11,15,17,25H,2-3,7-8,10,12-13H2,1H3,(H,21,22)(H,23,26). The molecule has 0 aromatic carbocycles. The maximum Gasteiger partial charge on any atom is 0.270 e. The van der Waals surface area contributed by atoms with Crippen molar-refractivity contribution in [2.45, 2.75) is 51.3 Å². The zero-order valence-corrected chi connectivity index (χ0v) is 15.2. The number of hydrogen-bond acceptors (Lipinski definition) is 5. The largest absolute Gasteiger partial charge is 0.390 e. The summed E-state index contributed by atoms with van der Waals surface area (Å²) in [5.74, 6) is 0.789. The summed E-state index contributed by atoms with van der Waals surface area (Å²) in [4.78, 5) is 26.2. The molecule has 7 nitrogen and oxygen atoms in total. The molecule has 1 aliphatic heterocycles. The van der Waals surface area contributed by atoms with Gasteiger partial charge in [0.25, 0.3) is 5.91 Å². The average molecular weight is 357 g/mol. The normalized spacial score (nSPS) is 20.8. The van der Waals surface area contributed by atoms with E-state index in [0.29, 0.717) is 18.7 Å². The summed E-state index contributed by atoms with van der Waals surface area (Å²) in [6.07, 6.45) is 6.84. The number of rotatable bonds is 7. The third-order valence-electron chi connectivity index (χ3n) is 4.72. The van der Waals surface area contributed by atoms with E-state index in [-0.39, 0.29) is 11.9 Å². The summed E-state index contributed by atoms with van der Waals surface area (Å²) in [6.45, 7) is 4.24. The Morgan fingerprint density at radius 2 is 2.31 bits per heavy atom. The Kier molecular flexibility index (Phi) is 6.35. The van der Waals surface area contributed by atoms with Crippen LogP contribution in [-0.2, 0) is 13.0 Å². The molecular weight excluding hydrogens is 330 g/mol. The quantitative estimate of drug-likeness (QED) is 0.698. The number of carbonyl (C=O) groups is 1. The molecule has 3 heterocycles. The number of aryl methyl sites for hydroxylation is 1. The van der Waals surface area contributed by atoms with Gasteiger partial charge in [-0.25, -0.2) is 4.98 Å². The maximum absolute atomic E-state index is 12.2. The molecule has 3 rings (SSSR count). The number of amides is 1. The number of unbranched alkanes of at least 4 members (excludes halogenated alkanes) is 1. The number of piperidine rings is 1. The minimum atomic E-state index is -0.598. The van der Waals surface area contributed by atoms with Gasteiger partial charge in [-0.05, 0) is 25.0 Å². The first kappa shape index (κ1) is 18.5. The molecule has 0 bridgehead atoms. The lowest BCUT2D eigenvalue weighted by atomic mass is 10.0. The van der Waals surface area contributed by atoms with Crippen molar-refractivity contribution in [1.29, 1.82) is 0 Å². The van der Waals surface area contributed by atoms with E-state index in [1.165, 1.54) is 0 Å². The van der Waals surface area contributed by atoms with Crippen LogP contribution in [0.5, 0.6) is 0 Å². The molecule has 3 N–H and O–H groups in total. The van der Waals surface area contributed by atoms with E-state index >= 15 is 0 Å². The number of nitrogens with zero attached hydrogens (tertiary/aromatic N) is 3. The Morgan fingerprint density at radius 1 is 1.42 bits per heavy atom. The number of nitrogens with one attached hydrogen (secondary N) is 2. The topological polar surface area (TPSA) is 94.1 Å². The lowest BCUT2D eigenvalue weighted by Crippen LogP contribution is -2.53. The van der Waals surface area contributed by atoms with Crippen LogP contribution in [0.4, 0.5) is 0 Å². The lowest BCUT2D eigenvalue weighted by Gasteiger charge is -2.35. The highest BCUT2D eigenvalue weighted by Gasteiger charge is 2.29. The van der Waals surface area contributed by atoms with Gasteiger partial charge in [0.1, 0.15) is 11.5 Å². The highest BCUT2D eigenvalue weighted by Crippen LogP contribution is 2.15. The van der Waals surface area contributed by atoms with Crippen LogP contribution in [-0.4, -0.2) is 56.1 Å². The molecule has 0 radical (unpaired) electrons. The Bertz CT molecular complexity index is 703. The molecule has 7 heteroatoms. The minimum absolute atomic E-state index is 0.239. The molecule has 140 valence electrons. The number of aromatic nitrogens is 3. The summed E-state index contributed by atoms with van der Waals surface area (Å²) in [6, 6.07) is 4.97. The number of likely N-dealkylation sites (tertiary alicyclic amines) is 1. The van der Waals surface area contributed by atoms with Gasteiger partial charge in [0.15, 0.2) is 0 Å². The smallest absolute Gasteiger partial charge is 0.270 e. The van der Waals surface area contributed by atoms with Crippen LogP contribution in [0.3, 0.4) is 0 Å². The second-order valence-corrected chi connectivity index (χ2v) is 6.84. The number of imidazole rings is 1. The van der Waals surface area contributed by atoms with Gasteiger partial charge in [0, 0.05) is 44.1 Å². The molecule has 0 aliphatic carbocycles. The van der Waals surface area contributed by atoms with E-state index < -0.39 is 6.10 Å². The van der Waals surface area contributed by atoms with Crippen molar-refractivity contribution in [2.75, 3.05) is 13.1 Å². The zero-order valence-electron chi connectivity index (χ0n) is 15.2. The van der Waals surface area contributed by atoms with Crippen LogP contribution in [0, 0.1) is 0 Å². The van der Waals surface area contributed by atoms with E-state index in [9.17, 15) is 9.90 Å². The third kappa shape index (κ3) is 4.89. The maximum atomic E-state index is 12.2. The molecule has 0 saturated carbocycles. The number of aromatic amines is 1. The number of pyridine rings is 1. The van der Waals surface area contributed by atoms with Gasteiger partial charge < -0.3 is 15.4 Å². The molecule has 0 spiro atoms. The Hall–Kier alpha value is -2.25. The van der Waals surface area contributed by atoms with Crippen LogP contribution in [0.1, 0.15) is 48.2 Å². The molecule has 1 amide bonds. The van der Waals surface area contributed by atoms with Crippen molar-refractivity contribution in [3.63, 3.8) is 0 Å². The monoisotopic (exact) mass is 357 g/mol. The van der Waals surface area contributed by atoms with Gasteiger partial charge in [-0.3, -0.25) is 14.7 Å². The summed E-state index contributed by atoms with van der Waals surface area (Å²) >= 11 is 0. The fourth-order valence-corrected chi connectivity index (χ4v) is 3.25. The highest BCUT2D eigenvalue weighted by atomic mass is 16.3. The fourth-order valence-electron chi connectivity index (χ4n) is 3.25. The molecule has 1 saturated heterocycles. The van der Waals surface area contributed by atoms with Crippen molar-refractivity contribution in [2.24, 2.45) is 0 Å². The van der Waals surface area contributed by atoms with Gasteiger partial charge in [0.2, 0.25) is 0 Å². The van der Waals surface area contributed by atoms with Crippen molar-refractivity contribution in [1.82, 2.24) is 25.2 Å². The molecule has 2 aromatic heterocycles. The first-order valence-corrected chi connectivity index (χ1v) is 9.30. The second-order valence-electron chi connectivity index (χ2n) is 6.84. The zero-order chi connectivity index (χ0) is 18.4. The lowest BCUT2D eigenvalue weighted by molar-refractivity contribution is 0.0344. The Balaban J connectivity index is 1.49. The summed E-state index contributed by atoms with van der Waals surface area (Å²) < 4.78 is 0. The van der Waals surface area contributed by atoms with Crippen LogP contribution < -0.4 is 5.32 Å². The van der Waals surface area contributed by atoms with E-state index in [0.717, 1.165) is 43.9 Å². The molecule has 2 aromatic rings. The summed E-state index contributed by atoms with van der Waals surface area (Å²) in [5.41, 5.74) is 1.44. The minimum Gasteiger partial charge on any atom is -0.390 e. The summed E-state index contributed by atoms with van der Waals surface area (Å²) in [5, 5.41) is 13.3. The van der Waals surface area contributed by atoms with Crippen LogP contribution in [0.2, 0.25) is 0 Å². The first-order chi connectivity index (χ1) is 12.7. The fraction of sp³-hybridized carbons (Fsp3) is 0.526. The number of aliphatic hydroxyl groups excluding tert-OH is 1. The highest BCUT2D eigenvalue weighted by molar-refractivity contribution is 5.92. The molecule has 2 unspecified atom stereocenters. The number of H-pyrrole nitrogens is 1.